The summed E-state index contributed by atoms with van der Waals surface area (Å²) in [4.78, 5) is 0. The van der Waals surface area contributed by atoms with Gasteiger partial charge in [0.1, 0.15) is 0 Å². The highest BCUT2D eigenvalue weighted by Gasteiger charge is 2.16. The first-order valence-electron chi connectivity index (χ1n) is 5.01. The lowest BCUT2D eigenvalue weighted by Crippen LogP contribution is -2.27. The van der Waals surface area contributed by atoms with Crippen LogP contribution in [0.1, 0.15) is 19.4 Å². The molecule has 0 saturated heterocycles. The molecule has 86 valence electrons. The van der Waals surface area contributed by atoms with Crippen LogP contribution in [0, 0.1) is 16.7 Å². The van der Waals surface area contributed by atoms with Crippen LogP contribution in [-0.2, 0) is 6.54 Å². The minimum Gasteiger partial charge on any atom is -0.311 e. The Hall–Kier alpha value is -0.750. The molecule has 0 unspecified atom stereocenters. The number of halogens is 2. The van der Waals surface area contributed by atoms with Crippen molar-refractivity contribution in [2.75, 3.05) is 6.54 Å². The fourth-order valence-electron chi connectivity index (χ4n) is 1.24. The van der Waals surface area contributed by atoms with Crippen molar-refractivity contribution >= 4 is 23.2 Å². The molecule has 1 aromatic rings. The minimum atomic E-state index is -0.381. The summed E-state index contributed by atoms with van der Waals surface area (Å²) < 4.78 is 0. The summed E-state index contributed by atoms with van der Waals surface area (Å²) in [6, 6.07) is 7.65. The zero-order chi connectivity index (χ0) is 12.2. The fourth-order valence-corrected chi connectivity index (χ4v) is 1.77. The monoisotopic (exact) mass is 256 g/mol. The van der Waals surface area contributed by atoms with Crippen molar-refractivity contribution in [2.24, 2.45) is 5.41 Å². The highest BCUT2D eigenvalue weighted by molar-refractivity contribution is 6.35. The quantitative estimate of drug-likeness (QED) is 0.893. The van der Waals surface area contributed by atoms with Gasteiger partial charge in [0.15, 0.2) is 0 Å². The number of nitriles is 1. The summed E-state index contributed by atoms with van der Waals surface area (Å²) in [5.41, 5.74) is 0.493. The lowest BCUT2D eigenvalue weighted by atomic mass is 9.96. The summed E-state index contributed by atoms with van der Waals surface area (Å²) in [7, 11) is 0. The second-order valence-electron chi connectivity index (χ2n) is 4.30. The predicted molar refractivity (Wildman–Crippen MR) is 67.6 cm³/mol. The SMILES string of the molecule is CC(C)(C#N)CNCc1c(Cl)cccc1Cl. The summed E-state index contributed by atoms with van der Waals surface area (Å²) in [6.45, 7) is 4.94. The Morgan fingerprint density at radius 2 is 1.88 bits per heavy atom. The molecule has 1 rings (SSSR count). The van der Waals surface area contributed by atoms with E-state index >= 15 is 0 Å². The van der Waals surface area contributed by atoms with Crippen molar-refractivity contribution in [1.82, 2.24) is 5.32 Å². The molecule has 0 fully saturated rings. The summed E-state index contributed by atoms with van der Waals surface area (Å²) >= 11 is 12.0. The lowest BCUT2D eigenvalue weighted by molar-refractivity contribution is 0.445. The van der Waals surface area contributed by atoms with E-state index < -0.39 is 0 Å². The topological polar surface area (TPSA) is 35.8 Å². The molecule has 2 nitrogen and oxygen atoms in total. The maximum Gasteiger partial charge on any atom is 0.0697 e. The van der Waals surface area contributed by atoms with Gasteiger partial charge in [-0.2, -0.15) is 5.26 Å². The molecule has 1 N–H and O–H groups in total. The van der Waals surface area contributed by atoms with E-state index in [1.807, 2.05) is 19.9 Å². The average molecular weight is 257 g/mol. The largest absolute Gasteiger partial charge is 0.311 e. The molecule has 0 saturated carbocycles. The Balaban J connectivity index is 2.60. The first-order chi connectivity index (χ1) is 7.46. The molecule has 1 aromatic carbocycles. The van der Waals surface area contributed by atoms with Crippen LogP contribution < -0.4 is 5.32 Å². The molecular formula is C12H14Cl2N2. The highest BCUT2D eigenvalue weighted by Crippen LogP contribution is 2.24. The molecule has 0 aliphatic rings. The second kappa shape index (κ2) is 5.54. The van der Waals surface area contributed by atoms with Crippen LogP contribution in [0.2, 0.25) is 10.0 Å². The minimum absolute atomic E-state index is 0.381. The van der Waals surface area contributed by atoms with Crippen molar-refractivity contribution in [3.63, 3.8) is 0 Å². The Labute approximate surface area is 106 Å². The average Bonchev–Trinajstić information content (AvgIpc) is 2.22. The molecule has 4 heteroatoms. The van der Waals surface area contributed by atoms with Crippen molar-refractivity contribution < 1.29 is 0 Å². The van der Waals surface area contributed by atoms with E-state index in [9.17, 15) is 0 Å². The van der Waals surface area contributed by atoms with E-state index in [0.29, 0.717) is 23.1 Å². The molecule has 0 heterocycles. The van der Waals surface area contributed by atoms with Gasteiger partial charge in [-0.1, -0.05) is 29.3 Å². The Kier molecular flexibility index (Phi) is 4.61. The van der Waals surface area contributed by atoms with Crippen molar-refractivity contribution in [1.29, 1.82) is 5.26 Å². The summed E-state index contributed by atoms with van der Waals surface area (Å²) in [6.07, 6.45) is 0. The molecule has 0 atom stereocenters. The standard InChI is InChI=1S/C12H14Cl2N2/c1-12(2,7-15)8-16-6-9-10(13)4-3-5-11(9)14/h3-5,16H,6,8H2,1-2H3. The van der Waals surface area contributed by atoms with Gasteiger partial charge in [-0.3, -0.25) is 0 Å². The van der Waals surface area contributed by atoms with Crippen LogP contribution in [0.15, 0.2) is 18.2 Å². The molecule has 0 amide bonds. The maximum absolute atomic E-state index is 8.86. The van der Waals surface area contributed by atoms with Crippen LogP contribution in [0.25, 0.3) is 0 Å². The van der Waals surface area contributed by atoms with E-state index in [1.165, 1.54) is 0 Å². The van der Waals surface area contributed by atoms with Gasteiger partial charge < -0.3 is 5.32 Å². The summed E-state index contributed by atoms with van der Waals surface area (Å²) in [5.74, 6) is 0. The van der Waals surface area contributed by atoms with Gasteiger partial charge >= 0.3 is 0 Å². The normalized spacial score (nSPS) is 11.2. The lowest BCUT2D eigenvalue weighted by Gasteiger charge is -2.16. The predicted octanol–water partition coefficient (Wildman–Crippen LogP) is 3.63. The maximum atomic E-state index is 8.86. The second-order valence-corrected chi connectivity index (χ2v) is 5.11. The van der Waals surface area contributed by atoms with Gasteiger partial charge in [0.25, 0.3) is 0 Å². The Morgan fingerprint density at radius 1 is 1.31 bits per heavy atom. The first kappa shape index (κ1) is 13.3. The third-order valence-corrected chi connectivity index (χ3v) is 2.94. The molecule has 0 aliphatic carbocycles. The van der Waals surface area contributed by atoms with Crippen LogP contribution in [0.4, 0.5) is 0 Å². The van der Waals surface area contributed by atoms with Gasteiger partial charge in [-0.25, -0.2) is 0 Å². The molecule has 0 bridgehead atoms. The van der Waals surface area contributed by atoms with E-state index in [1.54, 1.807) is 12.1 Å². The molecule has 16 heavy (non-hydrogen) atoms. The van der Waals surface area contributed by atoms with E-state index in [0.717, 1.165) is 5.56 Å². The van der Waals surface area contributed by atoms with Crippen molar-refractivity contribution in [3.8, 4) is 6.07 Å². The number of hydrogen-bond donors (Lipinski definition) is 1. The van der Waals surface area contributed by atoms with Gasteiger partial charge in [-0.15, -0.1) is 0 Å². The van der Waals surface area contributed by atoms with Gasteiger partial charge in [-0.05, 0) is 26.0 Å². The van der Waals surface area contributed by atoms with Crippen LogP contribution in [0.5, 0.6) is 0 Å². The first-order valence-corrected chi connectivity index (χ1v) is 5.77. The zero-order valence-electron chi connectivity index (χ0n) is 9.35. The number of rotatable bonds is 4. The van der Waals surface area contributed by atoms with Crippen molar-refractivity contribution in [2.45, 2.75) is 20.4 Å². The number of nitrogens with zero attached hydrogens (tertiary/aromatic N) is 1. The number of benzene rings is 1. The van der Waals surface area contributed by atoms with Crippen LogP contribution in [-0.4, -0.2) is 6.54 Å². The molecule has 0 radical (unpaired) electrons. The fraction of sp³-hybridized carbons (Fsp3) is 0.417. The van der Waals surface area contributed by atoms with E-state index in [-0.39, 0.29) is 5.41 Å². The number of nitrogens with one attached hydrogen (secondary N) is 1. The van der Waals surface area contributed by atoms with Gasteiger partial charge in [0.2, 0.25) is 0 Å². The molecule has 0 aromatic heterocycles. The Bertz CT molecular complexity index is 388. The smallest absolute Gasteiger partial charge is 0.0697 e. The highest BCUT2D eigenvalue weighted by atomic mass is 35.5. The van der Waals surface area contributed by atoms with Crippen molar-refractivity contribution in [3.05, 3.63) is 33.8 Å². The third-order valence-electron chi connectivity index (χ3n) is 2.23. The Morgan fingerprint density at radius 3 is 2.38 bits per heavy atom. The van der Waals surface area contributed by atoms with E-state index in [4.69, 9.17) is 28.5 Å². The molecule has 0 aliphatic heterocycles. The van der Waals surface area contributed by atoms with E-state index in [2.05, 4.69) is 11.4 Å². The van der Waals surface area contributed by atoms with Crippen LogP contribution in [0.3, 0.4) is 0 Å². The number of hydrogen-bond acceptors (Lipinski definition) is 2. The summed E-state index contributed by atoms with van der Waals surface area (Å²) in [5, 5.41) is 13.3. The van der Waals surface area contributed by atoms with Gasteiger partial charge in [0.05, 0.1) is 11.5 Å². The molecule has 0 spiro atoms. The van der Waals surface area contributed by atoms with Crippen LogP contribution >= 0.6 is 23.2 Å². The molecular weight excluding hydrogens is 243 g/mol. The third kappa shape index (κ3) is 3.68. The van der Waals surface area contributed by atoms with Gasteiger partial charge in [0, 0.05) is 28.7 Å². The zero-order valence-corrected chi connectivity index (χ0v) is 10.9.